The number of anilines is 1. The van der Waals surface area contributed by atoms with E-state index in [9.17, 15) is 4.79 Å². The Labute approximate surface area is 148 Å². The van der Waals surface area contributed by atoms with Gasteiger partial charge in [-0.1, -0.05) is 53.0 Å². The molecule has 0 radical (unpaired) electrons. The molecule has 2 aromatic rings. The van der Waals surface area contributed by atoms with Gasteiger partial charge in [0.15, 0.2) is 0 Å². The summed E-state index contributed by atoms with van der Waals surface area (Å²) >= 11 is 17.9. The summed E-state index contributed by atoms with van der Waals surface area (Å²) in [5.74, 6) is 0.0863. The topological polar surface area (TPSA) is 63.2 Å². The predicted octanol–water partition coefficient (Wildman–Crippen LogP) is 3.63. The fraction of sp³-hybridized carbons (Fsp3) is 0.200. The highest BCUT2D eigenvalue weighted by Gasteiger charge is 2.35. The van der Waals surface area contributed by atoms with E-state index in [2.05, 4.69) is 15.6 Å². The Balaban J connectivity index is 2.20. The number of carbonyl (C=O) groups excluding carboxylic acids is 1. The Kier molecular flexibility index (Phi) is 5.93. The number of nitrogens with zero attached hydrogens (tertiary/aromatic N) is 1. The van der Waals surface area contributed by atoms with E-state index in [-0.39, 0.29) is 5.69 Å². The molecule has 2 N–H and O–H groups in total. The fourth-order valence-corrected chi connectivity index (χ4v) is 2.15. The average molecular weight is 375 g/mol. The quantitative estimate of drug-likeness (QED) is 0.620. The summed E-state index contributed by atoms with van der Waals surface area (Å²) in [5.41, 5.74) is 0.793. The Morgan fingerprint density at radius 3 is 2.48 bits per heavy atom. The van der Waals surface area contributed by atoms with Crippen molar-refractivity contribution in [3.63, 3.8) is 0 Å². The van der Waals surface area contributed by atoms with E-state index in [4.69, 9.17) is 39.5 Å². The third-order valence-corrected chi connectivity index (χ3v) is 3.56. The van der Waals surface area contributed by atoms with Crippen molar-refractivity contribution in [3.8, 4) is 5.75 Å². The van der Waals surface area contributed by atoms with Crippen LogP contribution in [0.1, 0.15) is 10.5 Å². The zero-order valence-corrected chi connectivity index (χ0v) is 14.4. The Bertz CT molecular complexity index is 663. The largest absolute Gasteiger partial charge is 0.495 e. The number of amides is 1. The van der Waals surface area contributed by atoms with Gasteiger partial charge in [0, 0.05) is 6.20 Å². The van der Waals surface area contributed by atoms with Crippen molar-refractivity contribution in [1.29, 1.82) is 0 Å². The number of benzene rings is 1. The maximum atomic E-state index is 12.2. The first-order valence-electron chi connectivity index (χ1n) is 6.60. The van der Waals surface area contributed by atoms with Crippen LogP contribution in [0.3, 0.4) is 0 Å². The monoisotopic (exact) mass is 373 g/mol. The summed E-state index contributed by atoms with van der Waals surface area (Å²) < 4.78 is 3.45. The number of para-hydroxylation sites is 2. The van der Waals surface area contributed by atoms with Crippen molar-refractivity contribution in [2.75, 3.05) is 12.4 Å². The lowest BCUT2D eigenvalue weighted by Gasteiger charge is -2.27. The second kappa shape index (κ2) is 7.73. The maximum Gasteiger partial charge on any atom is 0.271 e. The summed E-state index contributed by atoms with van der Waals surface area (Å²) in [5, 5.41) is 5.57. The molecule has 0 aliphatic heterocycles. The number of halogens is 3. The molecule has 1 amide bonds. The van der Waals surface area contributed by atoms with Crippen molar-refractivity contribution >= 4 is 46.4 Å². The lowest BCUT2D eigenvalue weighted by molar-refractivity contribution is 0.0936. The summed E-state index contributed by atoms with van der Waals surface area (Å²) in [6, 6.07) is 12.1. The molecule has 0 aliphatic carbocycles. The van der Waals surface area contributed by atoms with Gasteiger partial charge in [0.05, 0.1) is 12.8 Å². The highest BCUT2D eigenvalue weighted by molar-refractivity contribution is 6.68. The lowest BCUT2D eigenvalue weighted by atomic mass is 10.2. The van der Waals surface area contributed by atoms with Crippen LogP contribution in [0.5, 0.6) is 5.75 Å². The van der Waals surface area contributed by atoms with E-state index < -0.39 is 15.9 Å². The molecule has 23 heavy (non-hydrogen) atoms. The van der Waals surface area contributed by atoms with Gasteiger partial charge >= 0.3 is 0 Å². The first-order valence-corrected chi connectivity index (χ1v) is 7.73. The van der Waals surface area contributed by atoms with Gasteiger partial charge in [-0.2, -0.15) is 0 Å². The number of rotatable bonds is 5. The highest BCUT2D eigenvalue weighted by Crippen LogP contribution is 2.33. The minimum atomic E-state index is -1.79. The van der Waals surface area contributed by atoms with Crippen molar-refractivity contribution in [3.05, 3.63) is 54.4 Å². The molecule has 0 bridgehead atoms. The Morgan fingerprint density at radius 1 is 1.17 bits per heavy atom. The van der Waals surface area contributed by atoms with Crippen molar-refractivity contribution in [2.24, 2.45) is 0 Å². The number of carbonyl (C=O) groups is 1. The fourth-order valence-electron chi connectivity index (χ4n) is 1.82. The number of methoxy groups -OCH3 is 1. The molecule has 0 fully saturated rings. The van der Waals surface area contributed by atoms with E-state index in [0.29, 0.717) is 11.4 Å². The van der Waals surface area contributed by atoms with Crippen LogP contribution < -0.4 is 15.4 Å². The van der Waals surface area contributed by atoms with Crippen LogP contribution in [0.25, 0.3) is 0 Å². The molecule has 0 saturated heterocycles. The maximum absolute atomic E-state index is 12.2. The first kappa shape index (κ1) is 17.7. The molecule has 1 aromatic carbocycles. The van der Waals surface area contributed by atoms with E-state index in [1.165, 1.54) is 13.3 Å². The Hall–Kier alpha value is -1.69. The minimum absolute atomic E-state index is 0.216. The highest BCUT2D eigenvalue weighted by atomic mass is 35.6. The van der Waals surface area contributed by atoms with Gasteiger partial charge in [-0.3, -0.25) is 9.78 Å². The van der Waals surface area contributed by atoms with Gasteiger partial charge < -0.3 is 15.4 Å². The first-order chi connectivity index (χ1) is 10.9. The molecule has 2 rings (SSSR count). The number of aromatic nitrogens is 1. The lowest BCUT2D eigenvalue weighted by Crippen LogP contribution is -2.49. The van der Waals surface area contributed by atoms with Crippen molar-refractivity contribution in [2.45, 2.75) is 9.96 Å². The molecule has 0 unspecified atom stereocenters. The van der Waals surface area contributed by atoms with Gasteiger partial charge in [-0.25, -0.2) is 0 Å². The van der Waals surface area contributed by atoms with E-state index in [0.717, 1.165) is 0 Å². The number of hydrogen-bond donors (Lipinski definition) is 2. The molecular weight excluding hydrogens is 361 g/mol. The SMILES string of the molecule is COc1ccccc1N[C@H](NC(=O)c1ccccn1)C(Cl)(Cl)Cl. The summed E-state index contributed by atoms with van der Waals surface area (Å²) in [4.78, 5) is 16.2. The van der Waals surface area contributed by atoms with Crippen LogP contribution in [0, 0.1) is 0 Å². The number of ether oxygens (including phenoxy) is 1. The third-order valence-electron chi connectivity index (χ3n) is 2.91. The standard InChI is InChI=1S/C15H14Cl3N3O2/c1-23-12-8-3-2-6-10(12)20-14(15(16,17)18)21-13(22)11-7-4-5-9-19-11/h2-9,14,20H,1H3,(H,21,22)/t14-/m1/s1. The number of nitrogens with one attached hydrogen (secondary N) is 2. The van der Waals surface area contributed by atoms with Crippen molar-refractivity contribution in [1.82, 2.24) is 10.3 Å². The number of hydrogen-bond acceptors (Lipinski definition) is 4. The minimum Gasteiger partial charge on any atom is -0.495 e. The Morgan fingerprint density at radius 2 is 1.87 bits per heavy atom. The molecule has 1 heterocycles. The van der Waals surface area contributed by atoms with Gasteiger partial charge in [-0.05, 0) is 24.3 Å². The van der Waals surface area contributed by atoms with Crippen molar-refractivity contribution < 1.29 is 9.53 Å². The van der Waals surface area contributed by atoms with E-state index in [1.807, 2.05) is 0 Å². The molecule has 122 valence electrons. The van der Waals surface area contributed by atoms with Gasteiger partial charge in [0.25, 0.3) is 5.91 Å². The van der Waals surface area contributed by atoms with Crippen LogP contribution in [0.15, 0.2) is 48.7 Å². The molecule has 1 atom stereocenters. The van der Waals surface area contributed by atoms with Gasteiger partial charge in [0.2, 0.25) is 3.79 Å². The number of pyridine rings is 1. The van der Waals surface area contributed by atoms with Crippen LogP contribution in [0.4, 0.5) is 5.69 Å². The van der Waals surface area contributed by atoms with Crippen LogP contribution in [0.2, 0.25) is 0 Å². The van der Waals surface area contributed by atoms with Crippen LogP contribution >= 0.6 is 34.8 Å². The summed E-state index contributed by atoms with van der Waals surface area (Å²) in [6.07, 6.45) is 0.519. The summed E-state index contributed by atoms with van der Waals surface area (Å²) in [6.45, 7) is 0. The average Bonchev–Trinajstić information content (AvgIpc) is 2.54. The van der Waals surface area contributed by atoms with Crippen LogP contribution in [-0.2, 0) is 0 Å². The van der Waals surface area contributed by atoms with Crippen LogP contribution in [-0.4, -0.2) is 28.0 Å². The molecule has 1 aromatic heterocycles. The number of alkyl halides is 3. The van der Waals surface area contributed by atoms with Gasteiger partial charge in [0.1, 0.15) is 17.6 Å². The molecule has 5 nitrogen and oxygen atoms in total. The smallest absolute Gasteiger partial charge is 0.271 e. The molecular formula is C15H14Cl3N3O2. The van der Waals surface area contributed by atoms with Gasteiger partial charge in [-0.15, -0.1) is 0 Å². The zero-order valence-electron chi connectivity index (χ0n) is 12.1. The van der Waals surface area contributed by atoms with E-state index >= 15 is 0 Å². The summed E-state index contributed by atoms with van der Waals surface area (Å²) in [7, 11) is 1.53. The normalized spacial score (nSPS) is 12.3. The third kappa shape index (κ3) is 4.89. The van der Waals surface area contributed by atoms with E-state index in [1.54, 1.807) is 42.5 Å². The molecule has 0 aliphatic rings. The predicted molar refractivity (Wildman–Crippen MR) is 92.4 cm³/mol. The molecule has 0 spiro atoms. The molecule has 0 saturated carbocycles. The zero-order chi connectivity index (χ0) is 16.9. The second-order valence-corrected chi connectivity index (χ2v) is 6.88. The molecule has 8 heteroatoms. The second-order valence-electron chi connectivity index (χ2n) is 4.51.